The molecule has 3 heterocycles. The molecule has 0 saturated carbocycles. The number of nitrogens with zero attached hydrogens (tertiary/aromatic N) is 3. The Hall–Kier alpha value is -1.88. The Labute approximate surface area is 136 Å². The average Bonchev–Trinajstić information content (AvgIpc) is 3.05. The lowest BCUT2D eigenvalue weighted by Gasteiger charge is -2.47. The van der Waals surface area contributed by atoms with E-state index in [1.807, 2.05) is 9.80 Å². The molecular weight excluding hydrogens is 290 g/mol. The van der Waals surface area contributed by atoms with Gasteiger partial charge in [-0.1, -0.05) is 29.8 Å². The third kappa shape index (κ3) is 2.53. The van der Waals surface area contributed by atoms with Gasteiger partial charge in [0.15, 0.2) is 0 Å². The van der Waals surface area contributed by atoms with E-state index >= 15 is 0 Å². The molecule has 0 N–H and O–H groups in total. The Kier molecular flexibility index (Phi) is 3.60. The number of carbonyl (C=O) groups is 2. The zero-order valence-electron chi connectivity index (χ0n) is 13.6. The second-order valence-corrected chi connectivity index (χ2v) is 6.96. The molecule has 3 aliphatic heterocycles. The van der Waals surface area contributed by atoms with Crippen LogP contribution in [0, 0.1) is 6.92 Å². The Morgan fingerprint density at radius 3 is 2.43 bits per heavy atom. The minimum Gasteiger partial charge on any atom is -0.329 e. The monoisotopic (exact) mass is 313 g/mol. The predicted octanol–water partition coefficient (Wildman–Crippen LogP) is 1.01. The lowest BCUT2D eigenvalue weighted by molar-refractivity contribution is -0.163. The summed E-state index contributed by atoms with van der Waals surface area (Å²) < 4.78 is 0. The van der Waals surface area contributed by atoms with E-state index < -0.39 is 0 Å². The van der Waals surface area contributed by atoms with E-state index in [1.54, 1.807) is 0 Å². The van der Waals surface area contributed by atoms with E-state index in [9.17, 15) is 9.59 Å². The van der Waals surface area contributed by atoms with Crippen LogP contribution in [0.3, 0.4) is 0 Å². The summed E-state index contributed by atoms with van der Waals surface area (Å²) in [6.45, 7) is 5.84. The Bertz CT molecular complexity index is 628. The summed E-state index contributed by atoms with van der Waals surface area (Å²) in [5.74, 6) is 0.322. The molecule has 0 bridgehead atoms. The summed E-state index contributed by atoms with van der Waals surface area (Å²) in [7, 11) is 0. The van der Waals surface area contributed by atoms with Crippen LogP contribution in [0.1, 0.15) is 24.0 Å². The molecular formula is C18H23N3O2. The molecule has 3 fully saturated rings. The van der Waals surface area contributed by atoms with Crippen LogP contribution in [0.5, 0.6) is 0 Å². The first-order valence-corrected chi connectivity index (χ1v) is 8.52. The molecule has 122 valence electrons. The molecule has 4 rings (SSSR count). The van der Waals surface area contributed by atoms with E-state index in [1.165, 1.54) is 11.1 Å². The van der Waals surface area contributed by atoms with Crippen LogP contribution in [-0.4, -0.2) is 64.8 Å². The first-order chi connectivity index (χ1) is 11.1. The molecule has 5 nitrogen and oxygen atoms in total. The maximum absolute atomic E-state index is 12.7. The van der Waals surface area contributed by atoms with E-state index in [0.29, 0.717) is 13.1 Å². The zero-order valence-corrected chi connectivity index (χ0v) is 13.6. The number of hydrogen-bond donors (Lipinski definition) is 0. The SMILES string of the molecule is Cc1ccc(CN2CCN3C(=O)[C@@H]4CCCN4C(=O)[C@H]3C2)cc1. The molecule has 1 aromatic rings. The molecule has 0 radical (unpaired) electrons. The lowest BCUT2D eigenvalue weighted by atomic mass is 10.0. The van der Waals surface area contributed by atoms with Crippen molar-refractivity contribution in [2.45, 2.75) is 38.4 Å². The maximum Gasteiger partial charge on any atom is 0.247 e. The number of amides is 2. The van der Waals surface area contributed by atoms with Gasteiger partial charge in [-0.2, -0.15) is 0 Å². The Morgan fingerprint density at radius 2 is 1.65 bits per heavy atom. The summed E-state index contributed by atoms with van der Waals surface area (Å²) in [5, 5.41) is 0. The quantitative estimate of drug-likeness (QED) is 0.818. The normalized spacial score (nSPS) is 28.0. The fourth-order valence-electron chi connectivity index (χ4n) is 4.08. The number of carbonyl (C=O) groups excluding carboxylic acids is 2. The van der Waals surface area contributed by atoms with Crippen LogP contribution in [0.4, 0.5) is 0 Å². The first kappa shape index (κ1) is 14.7. The molecule has 1 aromatic carbocycles. The third-order valence-electron chi connectivity index (χ3n) is 5.38. The third-order valence-corrected chi connectivity index (χ3v) is 5.38. The standard InChI is InChI=1S/C18H23N3O2/c1-13-4-6-14(7-5-13)11-19-9-10-21-16(12-19)18(23)20-8-2-3-15(20)17(21)22/h4-7,15-16H,2-3,8-12H2,1H3/t15-,16+/m0/s1. The molecule has 2 amide bonds. The minimum atomic E-state index is -0.281. The number of hydrogen-bond acceptors (Lipinski definition) is 3. The van der Waals surface area contributed by atoms with Crippen LogP contribution in [0.2, 0.25) is 0 Å². The van der Waals surface area contributed by atoms with Crippen molar-refractivity contribution in [1.29, 1.82) is 0 Å². The molecule has 0 spiro atoms. The van der Waals surface area contributed by atoms with Gasteiger partial charge in [0.05, 0.1) is 0 Å². The summed E-state index contributed by atoms with van der Waals surface area (Å²) in [5.41, 5.74) is 2.52. The van der Waals surface area contributed by atoms with Gasteiger partial charge >= 0.3 is 0 Å². The van der Waals surface area contributed by atoms with E-state index in [-0.39, 0.29) is 23.9 Å². The van der Waals surface area contributed by atoms with Gasteiger partial charge in [0.25, 0.3) is 0 Å². The first-order valence-electron chi connectivity index (χ1n) is 8.52. The molecule has 0 unspecified atom stereocenters. The molecule has 0 aliphatic carbocycles. The Balaban J connectivity index is 1.48. The molecule has 5 heteroatoms. The summed E-state index contributed by atoms with van der Waals surface area (Å²) in [4.78, 5) is 31.3. The molecule has 2 atom stereocenters. The molecule has 23 heavy (non-hydrogen) atoms. The van der Waals surface area contributed by atoms with Crippen molar-refractivity contribution in [3.05, 3.63) is 35.4 Å². The Morgan fingerprint density at radius 1 is 0.957 bits per heavy atom. The highest BCUT2D eigenvalue weighted by Crippen LogP contribution is 2.29. The van der Waals surface area contributed by atoms with Crippen LogP contribution >= 0.6 is 0 Å². The molecule has 0 aromatic heterocycles. The summed E-state index contributed by atoms with van der Waals surface area (Å²) >= 11 is 0. The van der Waals surface area contributed by atoms with Crippen molar-refractivity contribution in [3.8, 4) is 0 Å². The number of aryl methyl sites for hydroxylation is 1. The summed E-state index contributed by atoms with van der Waals surface area (Å²) in [6.07, 6.45) is 1.79. The van der Waals surface area contributed by atoms with Gasteiger partial charge in [0.2, 0.25) is 11.8 Å². The number of piperazine rings is 2. The van der Waals surface area contributed by atoms with Gasteiger partial charge in [-0.05, 0) is 25.3 Å². The minimum absolute atomic E-state index is 0.153. The second kappa shape index (κ2) is 5.64. The van der Waals surface area contributed by atoms with E-state index in [0.717, 1.165) is 32.5 Å². The predicted molar refractivity (Wildman–Crippen MR) is 86.7 cm³/mol. The van der Waals surface area contributed by atoms with Gasteiger partial charge in [-0.15, -0.1) is 0 Å². The highest BCUT2D eigenvalue weighted by Gasteiger charge is 2.49. The molecule has 3 aliphatic rings. The van der Waals surface area contributed by atoms with Crippen molar-refractivity contribution in [3.63, 3.8) is 0 Å². The zero-order chi connectivity index (χ0) is 16.0. The van der Waals surface area contributed by atoms with Crippen molar-refractivity contribution in [2.75, 3.05) is 26.2 Å². The van der Waals surface area contributed by atoms with Gasteiger partial charge in [-0.25, -0.2) is 0 Å². The van der Waals surface area contributed by atoms with Gasteiger partial charge < -0.3 is 9.80 Å². The highest BCUT2D eigenvalue weighted by atomic mass is 16.2. The smallest absolute Gasteiger partial charge is 0.247 e. The van der Waals surface area contributed by atoms with Crippen LogP contribution in [-0.2, 0) is 16.1 Å². The fraction of sp³-hybridized carbons (Fsp3) is 0.556. The van der Waals surface area contributed by atoms with Gasteiger partial charge in [0, 0.05) is 32.7 Å². The number of benzene rings is 1. The average molecular weight is 313 g/mol. The van der Waals surface area contributed by atoms with Crippen molar-refractivity contribution in [2.24, 2.45) is 0 Å². The highest BCUT2D eigenvalue weighted by molar-refractivity contribution is 5.97. The molecule has 3 saturated heterocycles. The largest absolute Gasteiger partial charge is 0.329 e. The van der Waals surface area contributed by atoms with Crippen LogP contribution < -0.4 is 0 Å². The van der Waals surface area contributed by atoms with Crippen LogP contribution in [0.25, 0.3) is 0 Å². The van der Waals surface area contributed by atoms with Gasteiger partial charge in [0.1, 0.15) is 12.1 Å². The number of fused-ring (bicyclic) bond motifs is 2. The maximum atomic E-state index is 12.7. The van der Waals surface area contributed by atoms with Crippen molar-refractivity contribution >= 4 is 11.8 Å². The second-order valence-electron chi connectivity index (χ2n) is 6.96. The van der Waals surface area contributed by atoms with Crippen molar-refractivity contribution in [1.82, 2.24) is 14.7 Å². The van der Waals surface area contributed by atoms with E-state index in [4.69, 9.17) is 0 Å². The fourth-order valence-corrected chi connectivity index (χ4v) is 4.08. The summed E-state index contributed by atoms with van der Waals surface area (Å²) in [6, 6.07) is 8.07. The van der Waals surface area contributed by atoms with E-state index in [2.05, 4.69) is 36.1 Å². The number of rotatable bonds is 2. The van der Waals surface area contributed by atoms with Crippen molar-refractivity contribution < 1.29 is 9.59 Å². The van der Waals surface area contributed by atoms with Crippen LogP contribution in [0.15, 0.2) is 24.3 Å². The topological polar surface area (TPSA) is 43.9 Å². The lowest BCUT2D eigenvalue weighted by Crippen LogP contribution is -2.68. The van der Waals surface area contributed by atoms with Gasteiger partial charge in [-0.3, -0.25) is 14.5 Å².